The highest BCUT2D eigenvalue weighted by atomic mass is 15.3. The molecule has 0 aliphatic carbocycles. The molecule has 1 atom stereocenters. The predicted octanol–water partition coefficient (Wildman–Crippen LogP) is 1.88. The number of aromatic nitrogens is 4. The lowest BCUT2D eigenvalue weighted by atomic mass is 9.93. The van der Waals surface area contributed by atoms with Crippen LogP contribution in [0.25, 0.3) is 5.65 Å². The van der Waals surface area contributed by atoms with Crippen LogP contribution in [0.1, 0.15) is 17.3 Å². The van der Waals surface area contributed by atoms with E-state index in [4.69, 9.17) is 0 Å². The summed E-state index contributed by atoms with van der Waals surface area (Å²) in [5, 5.41) is 12.0. The molecule has 5 heteroatoms. The Labute approximate surface area is 110 Å². The number of nitrogens with zero attached hydrogens (tertiary/aromatic N) is 4. The molecule has 0 radical (unpaired) electrons. The lowest BCUT2D eigenvalue weighted by Gasteiger charge is -2.24. The van der Waals surface area contributed by atoms with Gasteiger partial charge in [-0.2, -0.15) is 0 Å². The van der Waals surface area contributed by atoms with Crippen molar-refractivity contribution < 1.29 is 0 Å². The molecule has 19 heavy (non-hydrogen) atoms. The van der Waals surface area contributed by atoms with Crippen LogP contribution in [0.3, 0.4) is 0 Å². The van der Waals surface area contributed by atoms with Crippen molar-refractivity contribution in [2.24, 2.45) is 0 Å². The second-order valence-electron chi connectivity index (χ2n) is 4.80. The molecule has 1 N–H and O–H groups in total. The summed E-state index contributed by atoms with van der Waals surface area (Å²) in [4.78, 5) is 4.07. The van der Waals surface area contributed by atoms with Gasteiger partial charge in [0.25, 0.3) is 0 Å². The van der Waals surface area contributed by atoms with Crippen LogP contribution in [0.5, 0.6) is 0 Å². The van der Waals surface area contributed by atoms with Gasteiger partial charge in [-0.15, -0.1) is 10.2 Å². The van der Waals surface area contributed by atoms with E-state index in [0.717, 1.165) is 24.4 Å². The number of hydrogen-bond donors (Lipinski definition) is 1. The lowest BCUT2D eigenvalue weighted by molar-refractivity contribution is 0.640. The molecule has 3 heterocycles. The van der Waals surface area contributed by atoms with Crippen LogP contribution in [0.4, 0.5) is 5.69 Å². The molecule has 0 fully saturated rings. The number of anilines is 1. The number of para-hydroxylation sites is 1. The molecule has 4 rings (SSSR count). The van der Waals surface area contributed by atoms with Crippen LogP contribution < -0.4 is 5.32 Å². The standard InChI is InChI=1S/C14H13N5/c1-2-4-12-10(3-1)7-11(8-16-12)14-18-17-13-9-15-5-6-19(13)14/h1-6,9,11,16H,7-8H2. The first-order chi connectivity index (χ1) is 9.42. The van der Waals surface area contributed by atoms with Gasteiger partial charge in [0.1, 0.15) is 5.82 Å². The van der Waals surface area contributed by atoms with Crippen molar-refractivity contribution in [1.29, 1.82) is 0 Å². The summed E-state index contributed by atoms with van der Waals surface area (Å²) in [6.07, 6.45) is 6.42. The van der Waals surface area contributed by atoms with Crippen LogP contribution in [-0.2, 0) is 6.42 Å². The summed E-state index contributed by atoms with van der Waals surface area (Å²) in [5.41, 5.74) is 3.37. The Hall–Kier alpha value is -2.43. The molecule has 0 saturated carbocycles. The average Bonchev–Trinajstić information content (AvgIpc) is 2.91. The maximum Gasteiger partial charge on any atom is 0.179 e. The van der Waals surface area contributed by atoms with Gasteiger partial charge in [-0.25, -0.2) is 0 Å². The Kier molecular flexibility index (Phi) is 2.24. The Bertz CT molecular complexity index is 733. The number of hydrogen-bond acceptors (Lipinski definition) is 4. The average molecular weight is 251 g/mol. The van der Waals surface area contributed by atoms with Gasteiger partial charge in [-0.1, -0.05) is 18.2 Å². The molecular formula is C14H13N5. The zero-order chi connectivity index (χ0) is 12.7. The fourth-order valence-corrected chi connectivity index (χ4v) is 2.67. The van der Waals surface area contributed by atoms with E-state index < -0.39 is 0 Å². The first-order valence-corrected chi connectivity index (χ1v) is 6.38. The van der Waals surface area contributed by atoms with Crippen molar-refractivity contribution in [2.75, 3.05) is 11.9 Å². The number of rotatable bonds is 1. The van der Waals surface area contributed by atoms with Crippen molar-refractivity contribution >= 4 is 11.3 Å². The monoisotopic (exact) mass is 251 g/mol. The predicted molar refractivity (Wildman–Crippen MR) is 72.2 cm³/mol. The normalized spacial score (nSPS) is 18.0. The van der Waals surface area contributed by atoms with Gasteiger partial charge in [0.05, 0.1) is 6.20 Å². The van der Waals surface area contributed by atoms with Crippen molar-refractivity contribution in [3.05, 3.63) is 54.2 Å². The molecule has 94 valence electrons. The van der Waals surface area contributed by atoms with E-state index in [1.165, 1.54) is 11.3 Å². The topological polar surface area (TPSA) is 55.1 Å². The van der Waals surface area contributed by atoms with Gasteiger partial charge in [-0.05, 0) is 18.1 Å². The van der Waals surface area contributed by atoms with Crippen LogP contribution in [0.15, 0.2) is 42.9 Å². The lowest BCUT2D eigenvalue weighted by Crippen LogP contribution is -2.23. The minimum absolute atomic E-state index is 0.340. The minimum Gasteiger partial charge on any atom is -0.384 e. The molecule has 0 saturated heterocycles. The van der Waals surface area contributed by atoms with Gasteiger partial charge in [0.2, 0.25) is 0 Å². The summed E-state index contributed by atoms with van der Waals surface area (Å²) >= 11 is 0. The smallest absolute Gasteiger partial charge is 0.179 e. The van der Waals surface area contributed by atoms with Crippen molar-refractivity contribution in [3.63, 3.8) is 0 Å². The third-order valence-electron chi connectivity index (χ3n) is 3.63. The van der Waals surface area contributed by atoms with E-state index in [0.29, 0.717) is 5.92 Å². The Morgan fingerprint density at radius 2 is 2.16 bits per heavy atom. The summed E-state index contributed by atoms with van der Waals surface area (Å²) in [6, 6.07) is 8.43. The van der Waals surface area contributed by atoms with E-state index in [2.05, 4.69) is 44.8 Å². The van der Waals surface area contributed by atoms with E-state index in [-0.39, 0.29) is 0 Å². The zero-order valence-electron chi connectivity index (χ0n) is 10.3. The minimum atomic E-state index is 0.340. The van der Waals surface area contributed by atoms with E-state index >= 15 is 0 Å². The van der Waals surface area contributed by atoms with Crippen LogP contribution in [-0.4, -0.2) is 26.1 Å². The number of nitrogens with one attached hydrogen (secondary N) is 1. The first-order valence-electron chi connectivity index (χ1n) is 6.38. The van der Waals surface area contributed by atoms with Gasteiger partial charge >= 0.3 is 0 Å². The molecule has 2 aromatic heterocycles. The Morgan fingerprint density at radius 1 is 1.21 bits per heavy atom. The fourth-order valence-electron chi connectivity index (χ4n) is 2.67. The molecule has 0 bridgehead atoms. The van der Waals surface area contributed by atoms with Crippen LogP contribution in [0.2, 0.25) is 0 Å². The highest BCUT2D eigenvalue weighted by molar-refractivity contribution is 5.54. The highest BCUT2D eigenvalue weighted by Crippen LogP contribution is 2.29. The fraction of sp³-hybridized carbons (Fsp3) is 0.214. The van der Waals surface area contributed by atoms with E-state index in [9.17, 15) is 0 Å². The third-order valence-corrected chi connectivity index (χ3v) is 3.63. The first kappa shape index (κ1) is 10.5. The maximum atomic E-state index is 4.32. The van der Waals surface area contributed by atoms with Gasteiger partial charge in [-0.3, -0.25) is 9.38 Å². The Balaban J connectivity index is 1.75. The van der Waals surface area contributed by atoms with Crippen LogP contribution >= 0.6 is 0 Å². The van der Waals surface area contributed by atoms with Crippen LogP contribution in [0, 0.1) is 0 Å². The number of fused-ring (bicyclic) bond motifs is 2. The van der Waals surface area contributed by atoms with Crippen molar-refractivity contribution in [1.82, 2.24) is 19.6 Å². The summed E-state index contributed by atoms with van der Waals surface area (Å²) in [6.45, 7) is 0.889. The Morgan fingerprint density at radius 3 is 3.16 bits per heavy atom. The SMILES string of the molecule is c1ccc2c(c1)CC(c1nnc3cnccn13)CN2. The molecule has 0 amide bonds. The molecular weight excluding hydrogens is 238 g/mol. The highest BCUT2D eigenvalue weighted by Gasteiger charge is 2.23. The molecule has 0 spiro atoms. The third kappa shape index (κ3) is 1.66. The van der Waals surface area contributed by atoms with Gasteiger partial charge in [0.15, 0.2) is 5.65 Å². The van der Waals surface area contributed by atoms with Gasteiger partial charge in [0, 0.05) is 30.5 Å². The second-order valence-corrected chi connectivity index (χ2v) is 4.80. The largest absolute Gasteiger partial charge is 0.384 e. The molecule has 3 aromatic rings. The van der Waals surface area contributed by atoms with Gasteiger partial charge < -0.3 is 5.32 Å². The van der Waals surface area contributed by atoms with E-state index in [1.54, 1.807) is 12.4 Å². The second kappa shape index (κ2) is 4.05. The maximum absolute atomic E-state index is 4.32. The number of benzene rings is 1. The summed E-state index contributed by atoms with van der Waals surface area (Å²) in [5.74, 6) is 1.34. The quantitative estimate of drug-likeness (QED) is 0.717. The molecule has 1 aliphatic rings. The molecule has 1 aromatic carbocycles. The zero-order valence-corrected chi connectivity index (χ0v) is 10.3. The van der Waals surface area contributed by atoms with Crippen molar-refractivity contribution in [3.8, 4) is 0 Å². The summed E-state index contributed by atoms with van der Waals surface area (Å²) in [7, 11) is 0. The van der Waals surface area contributed by atoms with Crippen molar-refractivity contribution in [2.45, 2.75) is 12.3 Å². The summed E-state index contributed by atoms with van der Waals surface area (Å²) < 4.78 is 2.02. The molecule has 1 unspecified atom stereocenters. The molecule has 5 nitrogen and oxygen atoms in total. The molecule has 1 aliphatic heterocycles. The van der Waals surface area contributed by atoms with E-state index in [1.807, 2.05) is 10.6 Å².